The van der Waals surface area contributed by atoms with Crippen LogP contribution in [0, 0.1) is 5.82 Å². The normalized spacial score (nSPS) is 12.5. The van der Waals surface area contributed by atoms with Crippen LogP contribution in [0.2, 0.25) is 5.02 Å². The van der Waals surface area contributed by atoms with Crippen molar-refractivity contribution in [1.29, 1.82) is 0 Å². The van der Waals surface area contributed by atoms with Gasteiger partial charge in [-0.15, -0.1) is 0 Å². The first-order valence-corrected chi connectivity index (χ1v) is 11.3. The predicted molar refractivity (Wildman–Crippen MR) is 117 cm³/mol. The molecule has 1 aromatic heterocycles. The summed E-state index contributed by atoms with van der Waals surface area (Å²) in [4.78, 5) is 4.17. The molecule has 1 atom stereocenters. The lowest BCUT2D eigenvalue weighted by molar-refractivity contribution is 0.570. The summed E-state index contributed by atoms with van der Waals surface area (Å²) in [6, 6.07) is 20.6. The van der Waals surface area contributed by atoms with Crippen molar-refractivity contribution in [2.45, 2.75) is 22.9 Å². The highest BCUT2D eigenvalue weighted by molar-refractivity contribution is 7.91. The zero-order valence-electron chi connectivity index (χ0n) is 16.4. The molecule has 0 spiro atoms. The van der Waals surface area contributed by atoms with Crippen LogP contribution in [0.4, 0.5) is 10.3 Å². The number of nitrogens with one attached hydrogen (secondary N) is 1. The molecule has 0 bridgehead atoms. The average molecular weight is 457 g/mol. The molecule has 0 aliphatic carbocycles. The molecule has 158 valence electrons. The third-order valence-electron chi connectivity index (χ3n) is 4.73. The first-order valence-electron chi connectivity index (χ1n) is 9.44. The van der Waals surface area contributed by atoms with Gasteiger partial charge < -0.3 is 9.73 Å². The van der Waals surface area contributed by atoms with Crippen LogP contribution in [0.25, 0.3) is 11.5 Å². The van der Waals surface area contributed by atoms with Gasteiger partial charge in [-0.1, -0.05) is 54.1 Å². The zero-order chi connectivity index (χ0) is 22.0. The highest BCUT2D eigenvalue weighted by Crippen LogP contribution is 2.36. The SMILES string of the molecule is CC(Nc1oc(-c2ccccc2Cl)nc1S(=O)(=O)c1ccc(F)cc1)c1ccccc1. The van der Waals surface area contributed by atoms with Crippen LogP contribution >= 0.6 is 11.6 Å². The Hall–Kier alpha value is -3.16. The number of halogens is 2. The third-order valence-corrected chi connectivity index (χ3v) is 6.73. The second-order valence-electron chi connectivity index (χ2n) is 6.87. The minimum Gasteiger partial charge on any atom is -0.419 e. The quantitative estimate of drug-likeness (QED) is 0.353. The molecule has 0 aliphatic rings. The molecule has 8 heteroatoms. The zero-order valence-corrected chi connectivity index (χ0v) is 18.0. The molecule has 0 amide bonds. The Morgan fingerprint density at radius 3 is 2.29 bits per heavy atom. The van der Waals surface area contributed by atoms with E-state index >= 15 is 0 Å². The van der Waals surface area contributed by atoms with E-state index in [4.69, 9.17) is 16.0 Å². The standard InChI is InChI=1S/C23H18ClFN2O3S/c1-15(16-7-3-2-4-8-16)26-22-23(31(28,29)18-13-11-17(25)12-14-18)27-21(30-22)19-9-5-6-10-20(19)24/h2-15,26H,1H3. The van der Waals surface area contributed by atoms with Gasteiger partial charge in [0.25, 0.3) is 0 Å². The van der Waals surface area contributed by atoms with E-state index in [0.717, 1.165) is 17.7 Å². The number of sulfone groups is 1. The average Bonchev–Trinajstić information content (AvgIpc) is 3.19. The van der Waals surface area contributed by atoms with Crippen molar-refractivity contribution in [1.82, 2.24) is 4.98 Å². The van der Waals surface area contributed by atoms with Gasteiger partial charge in [0, 0.05) is 0 Å². The Bertz CT molecular complexity index is 1310. The molecule has 4 rings (SSSR count). The van der Waals surface area contributed by atoms with Crippen molar-refractivity contribution >= 4 is 27.3 Å². The molecule has 1 heterocycles. The largest absolute Gasteiger partial charge is 0.419 e. The second-order valence-corrected chi connectivity index (χ2v) is 9.14. The summed E-state index contributed by atoms with van der Waals surface area (Å²) in [7, 11) is -4.09. The predicted octanol–water partition coefficient (Wildman–Crippen LogP) is 6.14. The van der Waals surface area contributed by atoms with Gasteiger partial charge >= 0.3 is 0 Å². The third kappa shape index (κ3) is 4.33. The summed E-state index contributed by atoms with van der Waals surface area (Å²) >= 11 is 6.26. The van der Waals surface area contributed by atoms with E-state index in [1.165, 1.54) is 12.1 Å². The molecule has 31 heavy (non-hydrogen) atoms. The van der Waals surface area contributed by atoms with E-state index in [2.05, 4.69) is 10.3 Å². The topological polar surface area (TPSA) is 72.2 Å². The highest BCUT2D eigenvalue weighted by Gasteiger charge is 2.30. The number of oxazole rings is 1. The molecular formula is C23H18ClFN2O3S. The van der Waals surface area contributed by atoms with Gasteiger partial charge in [0.05, 0.1) is 21.5 Å². The minimum atomic E-state index is -4.09. The molecule has 3 aromatic carbocycles. The van der Waals surface area contributed by atoms with Gasteiger partial charge in [-0.25, -0.2) is 12.8 Å². The second kappa shape index (κ2) is 8.53. The van der Waals surface area contributed by atoms with Crippen molar-refractivity contribution in [2.75, 3.05) is 5.32 Å². The van der Waals surface area contributed by atoms with Gasteiger partial charge in [-0.05, 0) is 48.9 Å². The number of benzene rings is 3. The number of rotatable bonds is 6. The molecule has 0 saturated heterocycles. The van der Waals surface area contributed by atoms with Crippen LogP contribution in [0.15, 0.2) is 93.2 Å². The lowest BCUT2D eigenvalue weighted by Crippen LogP contribution is -2.10. The molecule has 5 nitrogen and oxygen atoms in total. The van der Waals surface area contributed by atoms with Crippen molar-refractivity contribution < 1.29 is 17.2 Å². The van der Waals surface area contributed by atoms with E-state index < -0.39 is 15.7 Å². The van der Waals surface area contributed by atoms with Crippen LogP contribution in [0.1, 0.15) is 18.5 Å². The maximum Gasteiger partial charge on any atom is 0.234 e. The van der Waals surface area contributed by atoms with Gasteiger partial charge in [0.2, 0.25) is 26.6 Å². The number of aromatic nitrogens is 1. The summed E-state index contributed by atoms with van der Waals surface area (Å²) in [5, 5.41) is 3.18. The van der Waals surface area contributed by atoms with Crippen molar-refractivity contribution in [2.24, 2.45) is 0 Å². The highest BCUT2D eigenvalue weighted by atomic mass is 35.5. The molecule has 4 aromatic rings. The Morgan fingerprint density at radius 2 is 1.61 bits per heavy atom. The molecule has 0 aliphatic heterocycles. The number of nitrogens with zero attached hydrogens (tertiary/aromatic N) is 1. The lowest BCUT2D eigenvalue weighted by atomic mass is 10.1. The summed E-state index contributed by atoms with van der Waals surface area (Å²) < 4.78 is 45.8. The number of hydrogen-bond donors (Lipinski definition) is 1. The summed E-state index contributed by atoms with van der Waals surface area (Å²) in [6.45, 7) is 1.88. The fraction of sp³-hybridized carbons (Fsp3) is 0.0870. The van der Waals surface area contributed by atoms with Crippen molar-refractivity contribution in [3.05, 3.63) is 95.3 Å². The van der Waals surface area contributed by atoms with Gasteiger partial charge in [-0.2, -0.15) is 4.98 Å². The Balaban J connectivity index is 1.82. The summed E-state index contributed by atoms with van der Waals surface area (Å²) in [5.41, 5.74) is 1.39. The van der Waals surface area contributed by atoms with E-state index in [-0.39, 0.29) is 27.7 Å². The van der Waals surface area contributed by atoms with Crippen LogP contribution in [0.5, 0.6) is 0 Å². The maximum atomic E-state index is 13.3. The van der Waals surface area contributed by atoms with Crippen molar-refractivity contribution in [3.63, 3.8) is 0 Å². The van der Waals surface area contributed by atoms with Crippen LogP contribution in [-0.4, -0.2) is 13.4 Å². The van der Waals surface area contributed by atoms with Crippen LogP contribution in [-0.2, 0) is 9.84 Å². The van der Waals surface area contributed by atoms with Crippen LogP contribution < -0.4 is 5.32 Å². The summed E-state index contributed by atoms with van der Waals surface area (Å²) in [5.74, 6) is -0.489. The molecule has 0 saturated carbocycles. The molecule has 0 fully saturated rings. The molecule has 0 radical (unpaired) electrons. The van der Waals surface area contributed by atoms with E-state index in [9.17, 15) is 12.8 Å². The summed E-state index contributed by atoms with van der Waals surface area (Å²) in [6.07, 6.45) is 0. The fourth-order valence-electron chi connectivity index (χ4n) is 3.08. The van der Waals surface area contributed by atoms with E-state index in [1.54, 1.807) is 24.3 Å². The monoisotopic (exact) mass is 456 g/mol. The smallest absolute Gasteiger partial charge is 0.234 e. The molecule has 1 unspecified atom stereocenters. The van der Waals surface area contributed by atoms with E-state index in [1.807, 2.05) is 37.3 Å². The Labute approximate surface area is 184 Å². The number of hydrogen-bond acceptors (Lipinski definition) is 5. The Morgan fingerprint density at radius 1 is 0.968 bits per heavy atom. The first kappa shape index (κ1) is 21.1. The molecule has 1 N–H and O–H groups in total. The fourth-order valence-corrected chi connectivity index (χ4v) is 4.56. The van der Waals surface area contributed by atoms with E-state index in [0.29, 0.717) is 10.6 Å². The van der Waals surface area contributed by atoms with Gasteiger partial charge in [0.15, 0.2) is 0 Å². The van der Waals surface area contributed by atoms with Gasteiger partial charge in [-0.3, -0.25) is 0 Å². The van der Waals surface area contributed by atoms with Crippen LogP contribution in [0.3, 0.4) is 0 Å². The lowest BCUT2D eigenvalue weighted by Gasteiger charge is -2.14. The Kier molecular flexibility index (Phi) is 5.80. The van der Waals surface area contributed by atoms with Crippen molar-refractivity contribution in [3.8, 4) is 11.5 Å². The maximum absolute atomic E-state index is 13.3. The molecular weight excluding hydrogens is 439 g/mol. The van der Waals surface area contributed by atoms with Gasteiger partial charge in [0.1, 0.15) is 5.82 Å². The number of anilines is 1. The first-order chi connectivity index (χ1) is 14.9. The minimum absolute atomic E-state index is 0.0180.